The summed E-state index contributed by atoms with van der Waals surface area (Å²) in [4.78, 5) is 12.7. The highest BCUT2D eigenvalue weighted by Gasteiger charge is 2.21. The molecule has 27 heavy (non-hydrogen) atoms. The molecule has 0 aliphatic heterocycles. The van der Waals surface area contributed by atoms with Gasteiger partial charge in [-0.15, -0.1) is 0 Å². The lowest BCUT2D eigenvalue weighted by Gasteiger charge is -2.19. The molecule has 7 heteroatoms. The van der Waals surface area contributed by atoms with Gasteiger partial charge in [-0.25, -0.2) is 8.42 Å². The van der Waals surface area contributed by atoms with E-state index in [1.54, 1.807) is 55.6 Å². The zero-order valence-electron chi connectivity index (χ0n) is 16.1. The molecule has 1 unspecified atom stereocenters. The molecule has 0 aromatic heterocycles. The normalized spacial score (nSPS) is 12.6. The SMILES string of the molecule is CCN(CC)S(=O)(=O)c1ccc(C(C)NC(=O)c2cccc(OC)c2)cc1. The van der Waals surface area contributed by atoms with Gasteiger partial charge in [0.2, 0.25) is 10.0 Å². The van der Waals surface area contributed by atoms with Gasteiger partial charge in [-0.05, 0) is 42.8 Å². The van der Waals surface area contributed by atoms with Crippen LogP contribution in [0.4, 0.5) is 0 Å². The summed E-state index contributed by atoms with van der Waals surface area (Å²) < 4.78 is 31.6. The van der Waals surface area contributed by atoms with Gasteiger partial charge in [0.25, 0.3) is 5.91 Å². The number of sulfonamides is 1. The largest absolute Gasteiger partial charge is 0.497 e. The lowest BCUT2D eigenvalue weighted by Crippen LogP contribution is -2.30. The van der Waals surface area contributed by atoms with Crippen LogP contribution < -0.4 is 10.1 Å². The minimum atomic E-state index is -3.49. The van der Waals surface area contributed by atoms with Crippen LogP contribution in [0.1, 0.15) is 42.7 Å². The van der Waals surface area contributed by atoms with Crippen molar-refractivity contribution in [3.05, 3.63) is 59.7 Å². The first kappa shape index (κ1) is 20.9. The Morgan fingerprint density at radius 1 is 1.11 bits per heavy atom. The Morgan fingerprint density at radius 2 is 1.74 bits per heavy atom. The summed E-state index contributed by atoms with van der Waals surface area (Å²) in [6, 6.07) is 13.3. The van der Waals surface area contributed by atoms with Crippen molar-refractivity contribution < 1.29 is 17.9 Å². The maximum Gasteiger partial charge on any atom is 0.251 e. The van der Waals surface area contributed by atoms with E-state index in [0.29, 0.717) is 24.4 Å². The molecule has 1 N–H and O–H groups in total. The molecule has 2 aromatic carbocycles. The number of hydrogen-bond acceptors (Lipinski definition) is 4. The Kier molecular flexibility index (Phi) is 6.98. The van der Waals surface area contributed by atoms with Gasteiger partial charge < -0.3 is 10.1 Å². The first-order valence-corrected chi connectivity index (χ1v) is 10.3. The topological polar surface area (TPSA) is 75.7 Å². The Hall–Kier alpha value is -2.38. The molecule has 2 rings (SSSR count). The second-order valence-corrected chi connectivity index (χ2v) is 8.02. The molecule has 0 bridgehead atoms. The lowest BCUT2D eigenvalue weighted by atomic mass is 10.1. The third-order valence-corrected chi connectivity index (χ3v) is 6.47. The molecule has 1 amide bonds. The number of nitrogens with zero attached hydrogens (tertiary/aromatic N) is 1. The molecule has 146 valence electrons. The predicted molar refractivity (Wildman–Crippen MR) is 105 cm³/mol. The number of benzene rings is 2. The monoisotopic (exact) mass is 390 g/mol. The molecule has 0 aliphatic rings. The van der Waals surface area contributed by atoms with Crippen LogP contribution in [0.15, 0.2) is 53.4 Å². The van der Waals surface area contributed by atoms with Crippen molar-refractivity contribution in [3.8, 4) is 5.75 Å². The van der Waals surface area contributed by atoms with Crippen LogP contribution >= 0.6 is 0 Å². The average molecular weight is 391 g/mol. The van der Waals surface area contributed by atoms with E-state index in [1.165, 1.54) is 4.31 Å². The van der Waals surface area contributed by atoms with Crippen LogP contribution in [0, 0.1) is 0 Å². The second kappa shape index (κ2) is 9.01. The van der Waals surface area contributed by atoms with Gasteiger partial charge in [0.1, 0.15) is 5.75 Å². The molecular formula is C20H26N2O4S. The molecule has 0 heterocycles. The summed E-state index contributed by atoms with van der Waals surface area (Å²) in [6.07, 6.45) is 0. The molecule has 0 fully saturated rings. The number of hydrogen-bond donors (Lipinski definition) is 1. The average Bonchev–Trinajstić information content (AvgIpc) is 2.68. The fraction of sp³-hybridized carbons (Fsp3) is 0.350. The maximum atomic E-state index is 12.5. The summed E-state index contributed by atoms with van der Waals surface area (Å²) >= 11 is 0. The van der Waals surface area contributed by atoms with Crippen molar-refractivity contribution in [2.45, 2.75) is 31.7 Å². The predicted octanol–water partition coefficient (Wildman–Crippen LogP) is 3.22. The Labute approximate surface area is 161 Å². The summed E-state index contributed by atoms with van der Waals surface area (Å²) in [7, 11) is -1.94. The Bertz CT molecular complexity index is 875. The number of carbonyl (C=O) groups excluding carboxylic acids is 1. The van der Waals surface area contributed by atoms with E-state index in [1.807, 2.05) is 20.8 Å². The van der Waals surface area contributed by atoms with Crippen LogP contribution in [-0.4, -0.2) is 38.8 Å². The van der Waals surface area contributed by atoms with E-state index in [9.17, 15) is 13.2 Å². The van der Waals surface area contributed by atoms with E-state index >= 15 is 0 Å². The number of methoxy groups -OCH3 is 1. The highest BCUT2D eigenvalue weighted by molar-refractivity contribution is 7.89. The molecular weight excluding hydrogens is 364 g/mol. The molecule has 0 spiro atoms. The van der Waals surface area contributed by atoms with Crippen LogP contribution in [0.5, 0.6) is 5.75 Å². The lowest BCUT2D eigenvalue weighted by molar-refractivity contribution is 0.0939. The highest BCUT2D eigenvalue weighted by atomic mass is 32.2. The van der Waals surface area contributed by atoms with Crippen LogP contribution in [0.25, 0.3) is 0 Å². The summed E-state index contributed by atoms with van der Waals surface area (Å²) in [5.41, 5.74) is 1.33. The number of rotatable bonds is 8. The smallest absolute Gasteiger partial charge is 0.251 e. The van der Waals surface area contributed by atoms with Crippen molar-refractivity contribution in [2.75, 3.05) is 20.2 Å². The third kappa shape index (κ3) is 4.87. The van der Waals surface area contributed by atoms with Crippen LogP contribution in [-0.2, 0) is 10.0 Å². The van der Waals surface area contributed by atoms with Crippen molar-refractivity contribution in [1.82, 2.24) is 9.62 Å². The Morgan fingerprint density at radius 3 is 2.30 bits per heavy atom. The number of carbonyl (C=O) groups is 1. The van der Waals surface area contributed by atoms with E-state index in [0.717, 1.165) is 5.56 Å². The second-order valence-electron chi connectivity index (χ2n) is 6.09. The standard InChI is InChI=1S/C20H26N2O4S/c1-5-22(6-2)27(24,25)19-12-10-16(11-13-19)15(3)21-20(23)17-8-7-9-18(14-17)26-4/h7-15H,5-6H2,1-4H3,(H,21,23). The van der Waals surface area contributed by atoms with Gasteiger partial charge >= 0.3 is 0 Å². The molecule has 0 aliphatic carbocycles. The van der Waals surface area contributed by atoms with Gasteiger partial charge in [-0.2, -0.15) is 4.31 Å². The molecule has 0 radical (unpaired) electrons. The van der Waals surface area contributed by atoms with Crippen molar-refractivity contribution in [3.63, 3.8) is 0 Å². The van der Waals surface area contributed by atoms with Crippen molar-refractivity contribution in [1.29, 1.82) is 0 Å². The Balaban J connectivity index is 2.13. The molecule has 1 atom stereocenters. The highest BCUT2D eigenvalue weighted by Crippen LogP contribution is 2.20. The quantitative estimate of drug-likeness (QED) is 0.751. The van der Waals surface area contributed by atoms with Crippen LogP contribution in [0.3, 0.4) is 0 Å². The number of ether oxygens (including phenoxy) is 1. The summed E-state index contributed by atoms with van der Waals surface area (Å²) in [6.45, 7) is 6.32. The van der Waals surface area contributed by atoms with Crippen molar-refractivity contribution >= 4 is 15.9 Å². The molecule has 6 nitrogen and oxygen atoms in total. The van der Waals surface area contributed by atoms with Gasteiger partial charge in [-0.1, -0.05) is 32.0 Å². The van der Waals surface area contributed by atoms with E-state index in [2.05, 4.69) is 5.32 Å². The van der Waals surface area contributed by atoms with Gasteiger partial charge in [0, 0.05) is 18.7 Å². The van der Waals surface area contributed by atoms with Crippen LogP contribution in [0.2, 0.25) is 0 Å². The fourth-order valence-electron chi connectivity index (χ4n) is 2.77. The van der Waals surface area contributed by atoms with Crippen molar-refractivity contribution in [2.24, 2.45) is 0 Å². The molecule has 0 saturated heterocycles. The summed E-state index contributed by atoms with van der Waals surface area (Å²) in [5.74, 6) is 0.391. The first-order valence-electron chi connectivity index (χ1n) is 8.88. The van der Waals surface area contributed by atoms with Gasteiger partial charge in [-0.3, -0.25) is 4.79 Å². The third-order valence-electron chi connectivity index (χ3n) is 4.40. The van der Waals surface area contributed by atoms with E-state index < -0.39 is 10.0 Å². The fourth-order valence-corrected chi connectivity index (χ4v) is 4.23. The zero-order valence-corrected chi connectivity index (χ0v) is 16.9. The molecule has 0 saturated carbocycles. The van der Waals surface area contributed by atoms with E-state index in [4.69, 9.17) is 4.74 Å². The maximum absolute atomic E-state index is 12.5. The molecule has 2 aromatic rings. The van der Waals surface area contributed by atoms with Gasteiger partial charge in [0.15, 0.2) is 0 Å². The van der Waals surface area contributed by atoms with Gasteiger partial charge in [0.05, 0.1) is 18.0 Å². The minimum absolute atomic E-state index is 0.221. The first-order chi connectivity index (χ1) is 12.8. The number of amides is 1. The number of nitrogens with one attached hydrogen (secondary N) is 1. The minimum Gasteiger partial charge on any atom is -0.497 e. The summed E-state index contributed by atoms with van der Waals surface area (Å²) in [5, 5.41) is 2.91. The van der Waals surface area contributed by atoms with E-state index in [-0.39, 0.29) is 16.8 Å². The zero-order chi connectivity index (χ0) is 20.0.